The van der Waals surface area contributed by atoms with E-state index in [1.165, 1.54) is 12.1 Å². The van der Waals surface area contributed by atoms with E-state index in [-0.39, 0.29) is 30.4 Å². The first-order valence-electron chi connectivity index (χ1n) is 7.74. The van der Waals surface area contributed by atoms with Gasteiger partial charge in [-0.05, 0) is 38.0 Å². The molecule has 1 aromatic heterocycles. The summed E-state index contributed by atoms with van der Waals surface area (Å²) in [7, 11) is 0. The van der Waals surface area contributed by atoms with Crippen LogP contribution in [-0.4, -0.2) is 38.3 Å². The lowest BCUT2D eigenvalue weighted by atomic mass is 10.0. The molecule has 1 fully saturated rings. The number of amides is 1. The summed E-state index contributed by atoms with van der Waals surface area (Å²) in [5.74, 6) is -0.480. The fourth-order valence-corrected chi connectivity index (χ4v) is 2.94. The van der Waals surface area contributed by atoms with Crippen molar-refractivity contribution in [3.05, 3.63) is 53.6 Å². The Morgan fingerprint density at radius 1 is 1.35 bits per heavy atom. The summed E-state index contributed by atoms with van der Waals surface area (Å²) in [5.41, 5.74) is 1.33. The molecule has 2 heterocycles. The Bertz CT molecular complexity index is 696. The molecule has 0 aliphatic carbocycles. The average Bonchev–Trinajstić information content (AvgIpc) is 3.14. The molecular weight excluding hydrogens is 297 g/mol. The van der Waals surface area contributed by atoms with Gasteiger partial charge >= 0.3 is 0 Å². The topological polar surface area (TPSA) is 58.4 Å². The third-order valence-corrected chi connectivity index (χ3v) is 4.17. The molecule has 3 rings (SSSR count). The molecule has 0 saturated carbocycles. The van der Waals surface area contributed by atoms with Crippen LogP contribution in [-0.2, 0) is 0 Å². The van der Waals surface area contributed by atoms with Gasteiger partial charge in [0.15, 0.2) is 0 Å². The SMILES string of the molecule is CC(C)n1cc(C(=O)N2CC(O)CC2c2ccc(F)cc2)cn1. The number of carbonyl (C=O) groups excluding carboxylic acids is 1. The van der Waals surface area contributed by atoms with Crippen LogP contribution in [0.5, 0.6) is 0 Å². The fraction of sp³-hybridized carbons (Fsp3) is 0.412. The smallest absolute Gasteiger partial charge is 0.257 e. The number of halogens is 1. The Kier molecular flexibility index (Phi) is 4.17. The van der Waals surface area contributed by atoms with Crippen molar-refractivity contribution in [3.63, 3.8) is 0 Å². The molecule has 0 spiro atoms. The molecule has 5 nitrogen and oxygen atoms in total. The van der Waals surface area contributed by atoms with Crippen molar-refractivity contribution in [2.24, 2.45) is 0 Å². The normalized spacial score (nSPS) is 21.2. The summed E-state index contributed by atoms with van der Waals surface area (Å²) >= 11 is 0. The molecule has 2 aromatic rings. The van der Waals surface area contributed by atoms with Crippen LogP contribution >= 0.6 is 0 Å². The monoisotopic (exact) mass is 317 g/mol. The standard InChI is InChI=1S/C17H20FN3O2/c1-11(2)21-9-13(8-19-21)17(23)20-10-15(22)7-16(20)12-3-5-14(18)6-4-12/h3-6,8-9,11,15-16,22H,7,10H2,1-2H3. The molecule has 0 bridgehead atoms. The molecule has 122 valence electrons. The third-order valence-electron chi connectivity index (χ3n) is 4.17. The summed E-state index contributed by atoms with van der Waals surface area (Å²) in [4.78, 5) is 14.4. The van der Waals surface area contributed by atoms with Crippen molar-refractivity contribution in [3.8, 4) is 0 Å². The van der Waals surface area contributed by atoms with Gasteiger partial charge in [0.05, 0.1) is 23.9 Å². The molecule has 0 radical (unpaired) electrons. The second-order valence-corrected chi connectivity index (χ2v) is 6.22. The molecular formula is C17H20FN3O2. The van der Waals surface area contributed by atoms with Gasteiger partial charge < -0.3 is 10.0 Å². The largest absolute Gasteiger partial charge is 0.391 e. The first-order valence-corrected chi connectivity index (χ1v) is 7.74. The van der Waals surface area contributed by atoms with Crippen LogP contribution in [0.15, 0.2) is 36.7 Å². The lowest BCUT2D eigenvalue weighted by molar-refractivity contribution is 0.0715. The van der Waals surface area contributed by atoms with E-state index in [1.54, 1.807) is 34.1 Å². The zero-order valence-corrected chi connectivity index (χ0v) is 13.2. The number of benzene rings is 1. The number of nitrogens with zero attached hydrogens (tertiary/aromatic N) is 3. The number of hydrogen-bond donors (Lipinski definition) is 1. The zero-order chi connectivity index (χ0) is 16.6. The summed E-state index contributed by atoms with van der Waals surface area (Å²) in [6.45, 7) is 4.25. The first kappa shape index (κ1) is 15.7. The fourth-order valence-electron chi connectivity index (χ4n) is 2.94. The molecule has 1 amide bonds. The number of aliphatic hydroxyl groups is 1. The lowest BCUT2D eigenvalue weighted by Gasteiger charge is -2.24. The maximum absolute atomic E-state index is 13.1. The van der Waals surface area contributed by atoms with Gasteiger partial charge in [-0.25, -0.2) is 4.39 Å². The Labute approximate surface area is 134 Å². The summed E-state index contributed by atoms with van der Waals surface area (Å²) in [5, 5.41) is 14.2. The van der Waals surface area contributed by atoms with Gasteiger partial charge in [0.25, 0.3) is 5.91 Å². The highest BCUT2D eigenvalue weighted by Crippen LogP contribution is 2.33. The van der Waals surface area contributed by atoms with Crippen molar-refractivity contribution in [1.82, 2.24) is 14.7 Å². The van der Waals surface area contributed by atoms with Gasteiger partial charge in [-0.3, -0.25) is 9.48 Å². The van der Waals surface area contributed by atoms with E-state index in [1.807, 2.05) is 13.8 Å². The lowest BCUT2D eigenvalue weighted by Crippen LogP contribution is -2.31. The maximum Gasteiger partial charge on any atom is 0.257 e. The van der Waals surface area contributed by atoms with E-state index >= 15 is 0 Å². The van der Waals surface area contributed by atoms with E-state index in [0.29, 0.717) is 12.0 Å². The van der Waals surface area contributed by atoms with Crippen LogP contribution in [0.3, 0.4) is 0 Å². The van der Waals surface area contributed by atoms with Crippen LogP contribution in [0.25, 0.3) is 0 Å². The zero-order valence-electron chi connectivity index (χ0n) is 13.2. The number of aromatic nitrogens is 2. The van der Waals surface area contributed by atoms with E-state index in [9.17, 15) is 14.3 Å². The highest BCUT2D eigenvalue weighted by Gasteiger charge is 2.36. The van der Waals surface area contributed by atoms with Gasteiger partial charge in [0, 0.05) is 18.8 Å². The molecule has 1 N–H and O–H groups in total. The third kappa shape index (κ3) is 3.12. The van der Waals surface area contributed by atoms with E-state index in [0.717, 1.165) is 5.56 Å². The summed E-state index contributed by atoms with van der Waals surface area (Å²) in [6.07, 6.45) is 3.15. The van der Waals surface area contributed by atoms with Crippen LogP contribution < -0.4 is 0 Å². The molecule has 1 aliphatic rings. The Morgan fingerprint density at radius 3 is 2.65 bits per heavy atom. The molecule has 1 saturated heterocycles. The maximum atomic E-state index is 13.1. The Morgan fingerprint density at radius 2 is 2.04 bits per heavy atom. The molecule has 23 heavy (non-hydrogen) atoms. The van der Waals surface area contributed by atoms with Crippen LogP contribution in [0.4, 0.5) is 4.39 Å². The van der Waals surface area contributed by atoms with Gasteiger partial charge in [-0.1, -0.05) is 12.1 Å². The Balaban J connectivity index is 1.86. The summed E-state index contributed by atoms with van der Waals surface area (Å²) in [6, 6.07) is 6.00. The van der Waals surface area contributed by atoms with Crippen molar-refractivity contribution < 1.29 is 14.3 Å². The van der Waals surface area contributed by atoms with E-state index in [2.05, 4.69) is 5.10 Å². The van der Waals surface area contributed by atoms with Gasteiger partial charge in [-0.2, -0.15) is 5.10 Å². The predicted molar refractivity (Wildman–Crippen MR) is 83.4 cm³/mol. The van der Waals surface area contributed by atoms with Crippen LogP contribution in [0.1, 0.15) is 48.3 Å². The average molecular weight is 317 g/mol. The highest BCUT2D eigenvalue weighted by molar-refractivity contribution is 5.94. The van der Waals surface area contributed by atoms with Crippen LogP contribution in [0, 0.1) is 5.82 Å². The molecule has 1 aliphatic heterocycles. The first-order chi connectivity index (χ1) is 11.0. The van der Waals surface area contributed by atoms with Crippen molar-refractivity contribution in [2.75, 3.05) is 6.54 Å². The number of likely N-dealkylation sites (tertiary alicyclic amines) is 1. The van der Waals surface area contributed by atoms with Crippen molar-refractivity contribution >= 4 is 5.91 Å². The minimum atomic E-state index is -0.575. The van der Waals surface area contributed by atoms with Gasteiger partial charge in [0.2, 0.25) is 0 Å². The molecule has 2 atom stereocenters. The minimum absolute atomic E-state index is 0.164. The molecule has 6 heteroatoms. The van der Waals surface area contributed by atoms with Crippen molar-refractivity contribution in [2.45, 2.75) is 38.5 Å². The number of β-amino-alcohol motifs (C(OH)–C–C–N with tert-alkyl or cyclic N) is 1. The van der Waals surface area contributed by atoms with Gasteiger partial charge in [-0.15, -0.1) is 0 Å². The molecule has 1 aromatic carbocycles. The minimum Gasteiger partial charge on any atom is -0.391 e. The number of carbonyl (C=O) groups is 1. The number of rotatable bonds is 3. The van der Waals surface area contributed by atoms with Crippen molar-refractivity contribution in [1.29, 1.82) is 0 Å². The van der Waals surface area contributed by atoms with E-state index in [4.69, 9.17) is 0 Å². The number of aliphatic hydroxyl groups excluding tert-OH is 1. The predicted octanol–water partition coefficient (Wildman–Crippen LogP) is 2.55. The van der Waals surface area contributed by atoms with Crippen LogP contribution in [0.2, 0.25) is 0 Å². The summed E-state index contributed by atoms with van der Waals surface area (Å²) < 4.78 is 14.8. The quantitative estimate of drug-likeness (QED) is 0.946. The molecule has 2 unspecified atom stereocenters. The van der Waals surface area contributed by atoms with E-state index < -0.39 is 6.10 Å². The van der Waals surface area contributed by atoms with Gasteiger partial charge in [0.1, 0.15) is 5.82 Å². The second-order valence-electron chi connectivity index (χ2n) is 6.22. The highest BCUT2D eigenvalue weighted by atomic mass is 19.1. The Hall–Kier alpha value is -2.21. The second kappa shape index (κ2) is 6.12. The number of hydrogen-bond acceptors (Lipinski definition) is 3.